The standard InChI is InChI=1S/C12H19N3/c1-10(8-13)9-15-7-6-14-11-4-2-3-5-12(11)15/h2-5,10,14H,6-9,13H2,1H3. The smallest absolute Gasteiger partial charge is 0.0602 e. The van der Waals surface area contributed by atoms with Gasteiger partial charge in [-0.25, -0.2) is 0 Å². The second-order valence-electron chi connectivity index (χ2n) is 4.23. The number of hydrogen-bond donors (Lipinski definition) is 2. The Balaban J connectivity index is 2.15. The molecule has 3 N–H and O–H groups in total. The van der Waals surface area contributed by atoms with Gasteiger partial charge in [0.25, 0.3) is 0 Å². The fourth-order valence-corrected chi connectivity index (χ4v) is 1.99. The summed E-state index contributed by atoms with van der Waals surface area (Å²) in [5.74, 6) is 0.552. The van der Waals surface area contributed by atoms with Crippen LogP contribution in [0, 0.1) is 5.92 Å². The first kappa shape index (κ1) is 10.3. The molecule has 2 rings (SSSR count). The van der Waals surface area contributed by atoms with Crippen molar-refractivity contribution >= 4 is 11.4 Å². The predicted molar refractivity (Wildman–Crippen MR) is 65.4 cm³/mol. The third-order valence-corrected chi connectivity index (χ3v) is 2.88. The van der Waals surface area contributed by atoms with Crippen molar-refractivity contribution in [3.63, 3.8) is 0 Å². The Hall–Kier alpha value is -1.22. The number of nitrogens with two attached hydrogens (primary N) is 1. The fraction of sp³-hybridized carbons (Fsp3) is 0.500. The van der Waals surface area contributed by atoms with Crippen molar-refractivity contribution in [1.29, 1.82) is 0 Å². The molecular weight excluding hydrogens is 186 g/mol. The Morgan fingerprint density at radius 3 is 3.07 bits per heavy atom. The molecule has 0 saturated heterocycles. The zero-order chi connectivity index (χ0) is 10.7. The van der Waals surface area contributed by atoms with Crippen molar-refractivity contribution in [1.82, 2.24) is 0 Å². The fourth-order valence-electron chi connectivity index (χ4n) is 1.99. The van der Waals surface area contributed by atoms with E-state index >= 15 is 0 Å². The molecule has 0 aromatic heterocycles. The van der Waals surface area contributed by atoms with Gasteiger partial charge in [-0.15, -0.1) is 0 Å². The van der Waals surface area contributed by atoms with Crippen LogP contribution in [0.4, 0.5) is 11.4 Å². The number of anilines is 2. The molecule has 0 spiro atoms. The molecule has 1 aliphatic rings. The van der Waals surface area contributed by atoms with Crippen molar-refractivity contribution in [3.05, 3.63) is 24.3 Å². The minimum atomic E-state index is 0.552. The van der Waals surface area contributed by atoms with E-state index in [1.54, 1.807) is 0 Å². The number of fused-ring (bicyclic) bond motifs is 1. The molecule has 1 unspecified atom stereocenters. The first-order valence-electron chi connectivity index (χ1n) is 5.59. The monoisotopic (exact) mass is 205 g/mol. The summed E-state index contributed by atoms with van der Waals surface area (Å²) in [5, 5.41) is 3.41. The maximum atomic E-state index is 5.67. The van der Waals surface area contributed by atoms with Crippen LogP contribution in [0.3, 0.4) is 0 Å². The van der Waals surface area contributed by atoms with Crippen LogP contribution >= 0.6 is 0 Å². The summed E-state index contributed by atoms with van der Waals surface area (Å²) < 4.78 is 0. The van der Waals surface area contributed by atoms with Gasteiger partial charge in [0.05, 0.1) is 11.4 Å². The Bertz CT molecular complexity index is 324. The third kappa shape index (κ3) is 2.23. The van der Waals surface area contributed by atoms with Crippen LogP contribution in [0.1, 0.15) is 6.92 Å². The zero-order valence-electron chi connectivity index (χ0n) is 9.24. The number of para-hydroxylation sites is 2. The van der Waals surface area contributed by atoms with Gasteiger partial charge in [-0.05, 0) is 24.6 Å². The van der Waals surface area contributed by atoms with Gasteiger partial charge in [0, 0.05) is 19.6 Å². The second kappa shape index (κ2) is 4.53. The van der Waals surface area contributed by atoms with E-state index in [0.717, 1.165) is 26.2 Å². The van der Waals surface area contributed by atoms with E-state index in [1.165, 1.54) is 11.4 Å². The summed E-state index contributed by atoms with van der Waals surface area (Å²) in [7, 11) is 0. The summed E-state index contributed by atoms with van der Waals surface area (Å²) in [4.78, 5) is 2.42. The highest BCUT2D eigenvalue weighted by atomic mass is 15.2. The lowest BCUT2D eigenvalue weighted by atomic mass is 10.1. The number of nitrogens with one attached hydrogen (secondary N) is 1. The summed E-state index contributed by atoms with van der Waals surface area (Å²) in [6.07, 6.45) is 0. The molecule has 0 saturated carbocycles. The number of benzene rings is 1. The van der Waals surface area contributed by atoms with Crippen LogP contribution in [0.15, 0.2) is 24.3 Å². The van der Waals surface area contributed by atoms with Crippen molar-refractivity contribution < 1.29 is 0 Å². The molecule has 1 aliphatic heterocycles. The Morgan fingerprint density at radius 1 is 1.47 bits per heavy atom. The van der Waals surface area contributed by atoms with Gasteiger partial charge in [-0.2, -0.15) is 0 Å². The molecule has 0 amide bonds. The van der Waals surface area contributed by atoms with Gasteiger partial charge in [0.2, 0.25) is 0 Å². The maximum absolute atomic E-state index is 5.67. The highest BCUT2D eigenvalue weighted by Gasteiger charge is 2.16. The number of hydrogen-bond acceptors (Lipinski definition) is 3. The van der Waals surface area contributed by atoms with E-state index in [4.69, 9.17) is 5.73 Å². The molecule has 82 valence electrons. The van der Waals surface area contributed by atoms with Crippen LogP contribution in [-0.2, 0) is 0 Å². The average molecular weight is 205 g/mol. The molecule has 0 fully saturated rings. The van der Waals surface area contributed by atoms with Crippen LogP contribution < -0.4 is 16.0 Å². The predicted octanol–water partition coefficient (Wildman–Crippen LogP) is 1.51. The SMILES string of the molecule is CC(CN)CN1CCNc2ccccc21. The average Bonchev–Trinajstić information content (AvgIpc) is 2.29. The van der Waals surface area contributed by atoms with E-state index in [2.05, 4.69) is 41.4 Å². The molecular formula is C12H19N3. The van der Waals surface area contributed by atoms with E-state index in [1.807, 2.05) is 0 Å². The first-order valence-corrected chi connectivity index (χ1v) is 5.59. The summed E-state index contributed by atoms with van der Waals surface area (Å²) >= 11 is 0. The van der Waals surface area contributed by atoms with E-state index in [-0.39, 0.29) is 0 Å². The lowest BCUT2D eigenvalue weighted by molar-refractivity contribution is 0.570. The van der Waals surface area contributed by atoms with Crippen LogP contribution in [0.5, 0.6) is 0 Å². The molecule has 0 bridgehead atoms. The van der Waals surface area contributed by atoms with E-state index in [9.17, 15) is 0 Å². The topological polar surface area (TPSA) is 41.3 Å². The highest BCUT2D eigenvalue weighted by Crippen LogP contribution is 2.28. The number of rotatable bonds is 3. The van der Waals surface area contributed by atoms with Gasteiger partial charge in [-0.1, -0.05) is 19.1 Å². The van der Waals surface area contributed by atoms with Crippen molar-refractivity contribution in [2.24, 2.45) is 11.7 Å². The quantitative estimate of drug-likeness (QED) is 0.786. The zero-order valence-corrected chi connectivity index (χ0v) is 9.24. The molecule has 1 atom stereocenters. The molecule has 0 aliphatic carbocycles. The Morgan fingerprint density at radius 2 is 2.27 bits per heavy atom. The lowest BCUT2D eigenvalue weighted by Gasteiger charge is -2.33. The molecule has 3 heteroatoms. The van der Waals surface area contributed by atoms with Crippen molar-refractivity contribution in [2.45, 2.75) is 6.92 Å². The van der Waals surface area contributed by atoms with Crippen LogP contribution in [0.25, 0.3) is 0 Å². The lowest BCUT2D eigenvalue weighted by Crippen LogP contribution is -2.38. The summed E-state index contributed by atoms with van der Waals surface area (Å²) in [6.45, 7) is 6.10. The van der Waals surface area contributed by atoms with Gasteiger partial charge in [0.1, 0.15) is 0 Å². The summed E-state index contributed by atoms with van der Waals surface area (Å²) in [5.41, 5.74) is 8.22. The molecule has 15 heavy (non-hydrogen) atoms. The second-order valence-corrected chi connectivity index (χ2v) is 4.23. The maximum Gasteiger partial charge on any atom is 0.0602 e. The molecule has 1 aromatic carbocycles. The van der Waals surface area contributed by atoms with Crippen molar-refractivity contribution in [2.75, 3.05) is 36.4 Å². The van der Waals surface area contributed by atoms with E-state index < -0.39 is 0 Å². The highest BCUT2D eigenvalue weighted by molar-refractivity contribution is 5.71. The minimum Gasteiger partial charge on any atom is -0.382 e. The van der Waals surface area contributed by atoms with Crippen LogP contribution in [-0.4, -0.2) is 26.2 Å². The Labute approximate surface area is 91.3 Å². The van der Waals surface area contributed by atoms with Gasteiger partial charge in [0.15, 0.2) is 0 Å². The molecule has 0 radical (unpaired) electrons. The van der Waals surface area contributed by atoms with Crippen LogP contribution in [0.2, 0.25) is 0 Å². The van der Waals surface area contributed by atoms with Gasteiger partial charge in [-0.3, -0.25) is 0 Å². The molecule has 3 nitrogen and oxygen atoms in total. The van der Waals surface area contributed by atoms with Gasteiger partial charge < -0.3 is 16.0 Å². The summed E-state index contributed by atoms with van der Waals surface area (Å²) in [6, 6.07) is 8.47. The van der Waals surface area contributed by atoms with Crippen molar-refractivity contribution in [3.8, 4) is 0 Å². The third-order valence-electron chi connectivity index (χ3n) is 2.88. The first-order chi connectivity index (χ1) is 7.31. The molecule has 1 heterocycles. The van der Waals surface area contributed by atoms with Gasteiger partial charge >= 0.3 is 0 Å². The Kier molecular flexibility index (Phi) is 3.11. The molecule has 1 aromatic rings. The number of nitrogens with zero attached hydrogens (tertiary/aromatic N) is 1. The minimum absolute atomic E-state index is 0.552. The normalized spacial score (nSPS) is 16.8. The van der Waals surface area contributed by atoms with E-state index in [0.29, 0.717) is 5.92 Å². The largest absolute Gasteiger partial charge is 0.382 e.